The molecule has 34 heavy (non-hydrogen) atoms. The molecule has 0 aromatic heterocycles. The average Bonchev–Trinajstić information content (AvgIpc) is 2.83. The lowest BCUT2D eigenvalue weighted by molar-refractivity contribution is 0.151. The predicted octanol–water partition coefficient (Wildman–Crippen LogP) is 9.41. The van der Waals surface area contributed by atoms with Crippen molar-refractivity contribution in [3.05, 3.63) is 58.7 Å². The molecule has 0 atom stereocenters. The van der Waals surface area contributed by atoms with Gasteiger partial charge in [-0.15, -0.1) is 0 Å². The van der Waals surface area contributed by atoms with Crippen molar-refractivity contribution in [2.24, 2.45) is 0 Å². The standard InChI is InChI=1S/C31H46O3/c1-5-9-13-18-26-20-16-24-30(28(26)22-14-10-6-2)34-31(32)33-29-23-15-19-25(17-11-7-3)27(29)21-12-8-4/h15-16,19-20,23-24H,5-14,17-18,21-22H2,1-4H3. The molecule has 188 valence electrons. The van der Waals surface area contributed by atoms with Crippen LogP contribution in [-0.2, 0) is 25.7 Å². The van der Waals surface area contributed by atoms with Gasteiger partial charge in [-0.25, -0.2) is 4.79 Å². The minimum Gasteiger partial charge on any atom is -0.394 e. The van der Waals surface area contributed by atoms with Crippen molar-refractivity contribution in [3.63, 3.8) is 0 Å². The van der Waals surface area contributed by atoms with Crippen molar-refractivity contribution in [1.29, 1.82) is 0 Å². The normalized spacial score (nSPS) is 10.9. The van der Waals surface area contributed by atoms with Crippen LogP contribution in [0.3, 0.4) is 0 Å². The van der Waals surface area contributed by atoms with Crippen LogP contribution in [0.25, 0.3) is 0 Å². The Bertz CT molecular complexity index is 856. The Labute approximate surface area is 208 Å². The number of hydrogen-bond donors (Lipinski definition) is 0. The Morgan fingerprint density at radius 1 is 0.559 bits per heavy atom. The van der Waals surface area contributed by atoms with Crippen molar-refractivity contribution < 1.29 is 14.3 Å². The number of aryl methyl sites for hydroxylation is 2. The summed E-state index contributed by atoms with van der Waals surface area (Å²) < 4.78 is 11.7. The maximum absolute atomic E-state index is 12.9. The highest BCUT2D eigenvalue weighted by Gasteiger charge is 2.17. The molecule has 0 aliphatic carbocycles. The summed E-state index contributed by atoms with van der Waals surface area (Å²) in [5.41, 5.74) is 4.93. The van der Waals surface area contributed by atoms with Crippen LogP contribution in [0, 0.1) is 0 Å². The molecule has 0 unspecified atom stereocenters. The molecule has 3 heteroatoms. The van der Waals surface area contributed by atoms with E-state index < -0.39 is 6.16 Å². The molecule has 0 amide bonds. The quantitative estimate of drug-likeness (QED) is 0.140. The molecule has 0 bridgehead atoms. The van der Waals surface area contributed by atoms with E-state index in [9.17, 15) is 4.79 Å². The Morgan fingerprint density at radius 2 is 0.971 bits per heavy atom. The second kappa shape index (κ2) is 16.4. The van der Waals surface area contributed by atoms with Gasteiger partial charge in [-0.1, -0.05) is 90.5 Å². The number of carbonyl (C=O) groups is 1. The van der Waals surface area contributed by atoms with E-state index in [-0.39, 0.29) is 0 Å². The third-order valence-electron chi connectivity index (χ3n) is 6.51. The third kappa shape index (κ3) is 9.16. The molecule has 0 heterocycles. The maximum atomic E-state index is 12.9. The van der Waals surface area contributed by atoms with E-state index in [1.165, 1.54) is 42.4 Å². The van der Waals surface area contributed by atoms with Crippen LogP contribution in [-0.4, -0.2) is 6.16 Å². The van der Waals surface area contributed by atoms with E-state index in [0.717, 1.165) is 69.8 Å². The van der Waals surface area contributed by atoms with Crippen molar-refractivity contribution in [3.8, 4) is 11.5 Å². The largest absolute Gasteiger partial charge is 0.519 e. The van der Waals surface area contributed by atoms with Gasteiger partial charge in [0.15, 0.2) is 0 Å². The molecule has 0 saturated heterocycles. The van der Waals surface area contributed by atoms with Crippen molar-refractivity contribution in [1.82, 2.24) is 0 Å². The van der Waals surface area contributed by atoms with Gasteiger partial charge in [-0.05, 0) is 85.8 Å². The Hall–Kier alpha value is -2.29. The highest BCUT2D eigenvalue weighted by Crippen LogP contribution is 2.29. The van der Waals surface area contributed by atoms with Crippen molar-refractivity contribution >= 4 is 6.16 Å². The molecule has 0 aliphatic heterocycles. The minimum atomic E-state index is -0.632. The van der Waals surface area contributed by atoms with E-state index in [0.29, 0.717) is 11.5 Å². The number of benzene rings is 2. The summed E-state index contributed by atoms with van der Waals surface area (Å²) >= 11 is 0. The van der Waals surface area contributed by atoms with Gasteiger partial charge in [-0.3, -0.25) is 0 Å². The molecule has 0 radical (unpaired) electrons. The summed E-state index contributed by atoms with van der Waals surface area (Å²) in [4.78, 5) is 12.9. The van der Waals surface area contributed by atoms with E-state index in [2.05, 4.69) is 39.8 Å². The first kappa shape index (κ1) is 28.0. The first-order chi connectivity index (χ1) is 16.6. The molecule has 0 spiro atoms. The van der Waals surface area contributed by atoms with Crippen LogP contribution in [0.2, 0.25) is 0 Å². The van der Waals surface area contributed by atoms with Gasteiger partial charge in [-0.2, -0.15) is 0 Å². The topological polar surface area (TPSA) is 35.5 Å². The molecule has 0 fully saturated rings. The predicted molar refractivity (Wildman–Crippen MR) is 143 cm³/mol. The van der Waals surface area contributed by atoms with Gasteiger partial charge in [0.25, 0.3) is 0 Å². The van der Waals surface area contributed by atoms with Crippen LogP contribution in [0.5, 0.6) is 11.5 Å². The van der Waals surface area contributed by atoms with Crippen LogP contribution < -0.4 is 9.47 Å². The van der Waals surface area contributed by atoms with Crippen molar-refractivity contribution in [2.75, 3.05) is 0 Å². The zero-order valence-corrected chi connectivity index (χ0v) is 22.1. The number of rotatable bonds is 16. The van der Waals surface area contributed by atoms with Gasteiger partial charge in [0.1, 0.15) is 11.5 Å². The zero-order valence-electron chi connectivity index (χ0n) is 22.1. The van der Waals surface area contributed by atoms with Gasteiger partial charge >= 0.3 is 6.16 Å². The van der Waals surface area contributed by atoms with Crippen LogP contribution >= 0.6 is 0 Å². The monoisotopic (exact) mass is 466 g/mol. The summed E-state index contributed by atoms with van der Waals surface area (Å²) in [6, 6.07) is 12.2. The number of hydrogen-bond acceptors (Lipinski definition) is 3. The van der Waals surface area contributed by atoms with E-state index in [4.69, 9.17) is 9.47 Å². The Balaban J connectivity index is 2.22. The number of carbonyl (C=O) groups excluding carboxylic acids is 1. The summed E-state index contributed by atoms with van der Waals surface area (Å²) in [5, 5.41) is 0. The van der Waals surface area contributed by atoms with Crippen molar-refractivity contribution in [2.45, 2.75) is 118 Å². The SMILES string of the molecule is CCCCCc1cccc(OC(=O)Oc2cccc(CCCC)c2CCCC)c1CCCCC. The zero-order chi connectivity index (χ0) is 24.6. The number of unbranched alkanes of at least 4 members (excludes halogenated alkanes) is 6. The highest BCUT2D eigenvalue weighted by atomic mass is 16.7. The molecule has 0 aliphatic rings. The number of ether oxygens (including phenoxy) is 2. The van der Waals surface area contributed by atoms with Gasteiger partial charge < -0.3 is 9.47 Å². The molecular weight excluding hydrogens is 420 g/mol. The fraction of sp³-hybridized carbons (Fsp3) is 0.581. The molecule has 2 aromatic carbocycles. The van der Waals surface area contributed by atoms with Crippen LogP contribution in [0.15, 0.2) is 36.4 Å². The molecule has 0 N–H and O–H groups in total. The minimum absolute atomic E-state index is 0.632. The molecular formula is C31H46O3. The van der Waals surface area contributed by atoms with E-state index in [1.807, 2.05) is 24.3 Å². The summed E-state index contributed by atoms with van der Waals surface area (Å²) in [6.45, 7) is 8.84. The smallest absolute Gasteiger partial charge is 0.394 e. The summed E-state index contributed by atoms with van der Waals surface area (Å²) in [7, 11) is 0. The second-order valence-electron chi connectivity index (χ2n) is 9.36. The molecule has 2 rings (SSSR count). The lowest BCUT2D eigenvalue weighted by Crippen LogP contribution is -2.17. The Kier molecular flexibility index (Phi) is 13.4. The summed E-state index contributed by atoms with van der Waals surface area (Å²) in [6.07, 6.45) is 14.8. The lowest BCUT2D eigenvalue weighted by Gasteiger charge is -2.17. The summed E-state index contributed by atoms with van der Waals surface area (Å²) in [5.74, 6) is 1.31. The van der Waals surface area contributed by atoms with Crippen LogP contribution in [0.1, 0.15) is 114 Å². The van der Waals surface area contributed by atoms with Crippen LogP contribution in [0.4, 0.5) is 4.79 Å². The van der Waals surface area contributed by atoms with Gasteiger partial charge in [0.2, 0.25) is 0 Å². The van der Waals surface area contributed by atoms with Gasteiger partial charge in [0.05, 0.1) is 0 Å². The maximum Gasteiger partial charge on any atom is 0.519 e. The first-order valence-electron chi connectivity index (χ1n) is 13.8. The fourth-order valence-electron chi connectivity index (χ4n) is 4.49. The molecule has 3 nitrogen and oxygen atoms in total. The van der Waals surface area contributed by atoms with E-state index in [1.54, 1.807) is 0 Å². The Morgan fingerprint density at radius 3 is 1.47 bits per heavy atom. The van der Waals surface area contributed by atoms with Gasteiger partial charge in [0, 0.05) is 0 Å². The second-order valence-corrected chi connectivity index (χ2v) is 9.36. The molecule has 0 saturated carbocycles. The fourth-order valence-corrected chi connectivity index (χ4v) is 4.49. The van der Waals surface area contributed by atoms with E-state index >= 15 is 0 Å². The molecule has 2 aromatic rings. The highest BCUT2D eigenvalue weighted by molar-refractivity contribution is 5.69. The third-order valence-corrected chi connectivity index (χ3v) is 6.51. The lowest BCUT2D eigenvalue weighted by atomic mass is 9.96. The first-order valence-corrected chi connectivity index (χ1v) is 13.8. The average molecular weight is 467 g/mol.